The molecule has 22 heavy (non-hydrogen) atoms. The lowest BCUT2D eigenvalue weighted by atomic mass is 10.0. The van der Waals surface area contributed by atoms with Crippen LogP contribution in [0, 0.1) is 6.92 Å². The summed E-state index contributed by atoms with van der Waals surface area (Å²) in [4.78, 5) is 0. The van der Waals surface area contributed by atoms with E-state index < -0.39 is 0 Å². The molecule has 0 rings (SSSR count). The Bertz CT molecular complexity index is 248. The van der Waals surface area contributed by atoms with Crippen LogP contribution in [0.25, 0.3) is 0 Å². The van der Waals surface area contributed by atoms with Crippen LogP contribution in [0.1, 0.15) is 90.4 Å². The topological polar surface area (TPSA) is 18.5 Å². The smallest absolute Gasteiger partial charge is 0.0885 e. The Kier molecular flexibility index (Phi) is 16.5. The maximum absolute atomic E-state index is 5.53. The van der Waals surface area contributed by atoms with Gasteiger partial charge in [-0.2, -0.15) is 0 Å². The van der Waals surface area contributed by atoms with E-state index in [1.165, 1.54) is 64.2 Å². The molecule has 1 unspecified atom stereocenters. The van der Waals surface area contributed by atoms with Gasteiger partial charge in [-0.25, -0.2) is 0 Å². The van der Waals surface area contributed by atoms with Gasteiger partial charge in [0.05, 0.1) is 19.0 Å². The Hall–Kier alpha value is -0.500. The summed E-state index contributed by atoms with van der Waals surface area (Å²) in [5.74, 6) is 0.984. The van der Waals surface area contributed by atoms with Gasteiger partial charge >= 0.3 is 0 Å². The average Bonchev–Trinajstić information content (AvgIpc) is 2.54. The van der Waals surface area contributed by atoms with Crippen molar-refractivity contribution in [3.8, 4) is 0 Å². The van der Waals surface area contributed by atoms with Crippen LogP contribution >= 0.6 is 0 Å². The molecule has 0 amide bonds. The Balaban J connectivity index is 3.36. The summed E-state index contributed by atoms with van der Waals surface area (Å²) in [7, 11) is 3.53. The zero-order valence-corrected chi connectivity index (χ0v) is 15.4. The Morgan fingerprint density at radius 1 is 0.864 bits per heavy atom. The van der Waals surface area contributed by atoms with E-state index in [1.807, 2.05) is 14.0 Å². The fourth-order valence-electron chi connectivity index (χ4n) is 2.68. The van der Waals surface area contributed by atoms with E-state index in [0.717, 1.165) is 25.0 Å². The van der Waals surface area contributed by atoms with E-state index >= 15 is 0 Å². The van der Waals surface area contributed by atoms with E-state index in [1.54, 1.807) is 7.11 Å². The number of hydrogen-bond donors (Lipinski definition) is 0. The van der Waals surface area contributed by atoms with Gasteiger partial charge in [-0.15, -0.1) is 0 Å². The summed E-state index contributed by atoms with van der Waals surface area (Å²) >= 11 is 0. The number of methoxy groups -OCH3 is 2. The van der Waals surface area contributed by atoms with Crippen molar-refractivity contribution in [3.63, 3.8) is 0 Å². The summed E-state index contributed by atoms with van der Waals surface area (Å²) in [6, 6.07) is 0. The van der Waals surface area contributed by atoms with Crippen LogP contribution in [0.15, 0.2) is 11.8 Å². The first-order valence-electron chi connectivity index (χ1n) is 9.27. The standard InChI is InChI=1S/C20H39O2/c1-5-6-7-8-9-10-11-12-13-14-15-16-20(22-4)18-17-19(2)21-3/h17,20H,1,5-16,18H2,2-4H3. The number of rotatable bonds is 16. The van der Waals surface area contributed by atoms with E-state index in [9.17, 15) is 0 Å². The van der Waals surface area contributed by atoms with Crippen LogP contribution in [0.5, 0.6) is 0 Å². The second-order valence-electron chi connectivity index (χ2n) is 6.29. The summed E-state index contributed by atoms with van der Waals surface area (Å²) in [5, 5.41) is 0. The molecule has 0 aliphatic carbocycles. The van der Waals surface area contributed by atoms with Crippen LogP contribution < -0.4 is 0 Å². The molecule has 0 aromatic rings. The first-order chi connectivity index (χ1) is 10.7. The van der Waals surface area contributed by atoms with Crippen LogP contribution in [-0.2, 0) is 9.47 Å². The zero-order valence-electron chi connectivity index (χ0n) is 15.4. The molecular formula is C20H39O2. The molecule has 131 valence electrons. The molecule has 0 bridgehead atoms. The molecule has 1 atom stereocenters. The number of ether oxygens (including phenoxy) is 2. The van der Waals surface area contributed by atoms with E-state index in [4.69, 9.17) is 9.47 Å². The maximum atomic E-state index is 5.53. The molecule has 2 nitrogen and oxygen atoms in total. The fourth-order valence-corrected chi connectivity index (χ4v) is 2.68. The van der Waals surface area contributed by atoms with Gasteiger partial charge in [-0.1, -0.05) is 77.6 Å². The molecular weight excluding hydrogens is 272 g/mol. The quantitative estimate of drug-likeness (QED) is 0.241. The summed E-state index contributed by atoms with van der Waals surface area (Å²) in [6.07, 6.45) is 19.4. The molecule has 0 N–H and O–H groups in total. The minimum absolute atomic E-state index is 0.346. The van der Waals surface area contributed by atoms with Crippen molar-refractivity contribution in [1.29, 1.82) is 0 Å². The van der Waals surface area contributed by atoms with Crippen molar-refractivity contribution >= 4 is 0 Å². The molecule has 2 heteroatoms. The highest BCUT2D eigenvalue weighted by Crippen LogP contribution is 2.15. The summed E-state index contributed by atoms with van der Waals surface area (Å²) < 4.78 is 10.7. The first-order valence-corrected chi connectivity index (χ1v) is 9.27. The molecule has 1 radical (unpaired) electrons. The highest BCUT2D eigenvalue weighted by molar-refractivity contribution is 4.89. The van der Waals surface area contributed by atoms with Crippen LogP contribution in [0.4, 0.5) is 0 Å². The normalized spacial score (nSPS) is 13.4. The van der Waals surface area contributed by atoms with Crippen molar-refractivity contribution in [2.75, 3.05) is 14.2 Å². The molecule has 0 aromatic heterocycles. The average molecular weight is 312 g/mol. The molecule has 0 saturated carbocycles. The van der Waals surface area contributed by atoms with Crippen LogP contribution in [0.2, 0.25) is 0 Å². The van der Waals surface area contributed by atoms with Gasteiger partial charge in [0.2, 0.25) is 0 Å². The third-order valence-electron chi connectivity index (χ3n) is 4.35. The monoisotopic (exact) mass is 311 g/mol. The molecule has 0 spiro atoms. The van der Waals surface area contributed by atoms with Crippen LogP contribution in [0.3, 0.4) is 0 Å². The van der Waals surface area contributed by atoms with Crippen LogP contribution in [-0.4, -0.2) is 20.3 Å². The molecule has 0 heterocycles. The Labute approximate surface area is 139 Å². The van der Waals surface area contributed by atoms with Gasteiger partial charge in [-0.05, 0) is 25.8 Å². The number of allylic oxidation sites excluding steroid dienone is 1. The molecule has 0 saturated heterocycles. The Morgan fingerprint density at radius 2 is 1.36 bits per heavy atom. The van der Waals surface area contributed by atoms with E-state index in [-0.39, 0.29) is 0 Å². The van der Waals surface area contributed by atoms with Gasteiger partial charge < -0.3 is 9.47 Å². The van der Waals surface area contributed by atoms with Crippen molar-refractivity contribution in [2.45, 2.75) is 96.5 Å². The highest BCUT2D eigenvalue weighted by atomic mass is 16.5. The minimum Gasteiger partial charge on any atom is -0.502 e. The fraction of sp³-hybridized carbons (Fsp3) is 0.850. The second-order valence-corrected chi connectivity index (χ2v) is 6.29. The SMILES string of the molecule is [CH2]CCCCCCCCCCCCC(CC=C(C)OC)OC. The lowest BCUT2D eigenvalue weighted by molar-refractivity contribution is 0.0942. The zero-order chi connectivity index (χ0) is 16.5. The molecule has 0 aromatic carbocycles. The molecule has 0 fully saturated rings. The third-order valence-corrected chi connectivity index (χ3v) is 4.35. The van der Waals surface area contributed by atoms with Gasteiger partial charge in [0, 0.05) is 7.11 Å². The van der Waals surface area contributed by atoms with E-state index in [0.29, 0.717) is 6.10 Å². The predicted octanol–water partition coefficient (Wildman–Crippen LogP) is 6.46. The van der Waals surface area contributed by atoms with Gasteiger partial charge in [-0.3, -0.25) is 0 Å². The van der Waals surface area contributed by atoms with Crippen molar-refractivity contribution in [3.05, 3.63) is 18.8 Å². The molecule has 0 aliphatic rings. The number of hydrogen-bond acceptors (Lipinski definition) is 2. The van der Waals surface area contributed by atoms with Crippen molar-refractivity contribution < 1.29 is 9.47 Å². The minimum atomic E-state index is 0.346. The lowest BCUT2D eigenvalue weighted by Crippen LogP contribution is -2.09. The van der Waals surface area contributed by atoms with Crippen molar-refractivity contribution in [2.24, 2.45) is 0 Å². The van der Waals surface area contributed by atoms with Gasteiger partial charge in [0.25, 0.3) is 0 Å². The summed E-state index contributed by atoms with van der Waals surface area (Å²) in [5.41, 5.74) is 0. The highest BCUT2D eigenvalue weighted by Gasteiger charge is 2.05. The van der Waals surface area contributed by atoms with Crippen molar-refractivity contribution in [1.82, 2.24) is 0 Å². The summed E-state index contributed by atoms with van der Waals surface area (Å²) in [6.45, 7) is 5.88. The maximum Gasteiger partial charge on any atom is 0.0885 e. The Morgan fingerprint density at radius 3 is 1.82 bits per heavy atom. The molecule has 0 aliphatic heterocycles. The largest absolute Gasteiger partial charge is 0.502 e. The predicted molar refractivity (Wildman–Crippen MR) is 96.9 cm³/mol. The van der Waals surface area contributed by atoms with E-state index in [2.05, 4.69) is 13.0 Å². The number of unbranched alkanes of at least 4 members (excludes halogenated alkanes) is 10. The van der Waals surface area contributed by atoms with Gasteiger partial charge in [0.15, 0.2) is 0 Å². The lowest BCUT2D eigenvalue weighted by Gasteiger charge is -2.13. The second kappa shape index (κ2) is 16.9. The van der Waals surface area contributed by atoms with Gasteiger partial charge in [0.1, 0.15) is 0 Å². The third kappa shape index (κ3) is 14.4. The first kappa shape index (κ1) is 21.5.